The lowest BCUT2D eigenvalue weighted by Crippen LogP contribution is -2.13. The number of hydrogen-bond donors (Lipinski definition) is 1. The molecular formula is C17H16Cl3NOS. The minimum absolute atomic E-state index is 0.0167. The maximum absolute atomic E-state index is 12.0. The van der Waals surface area contributed by atoms with Crippen molar-refractivity contribution in [2.24, 2.45) is 0 Å². The lowest BCUT2D eigenvalue weighted by molar-refractivity contribution is -0.115. The smallest absolute Gasteiger partial charge is 0.225 e. The third kappa shape index (κ3) is 5.92. The fourth-order valence-electron chi connectivity index (χ4n) is 1.93. The summed E-state index contributed by atoms with van der Waals surface area (Å²) in [5.41, 5.74) is 2.85. The summed E-state index contributed by atoms with van der Waals surface area (Å²) in [6, 6.07) is 11.0. The Morgan fingerprint density at radius 1 is 1.09 bits per heavy atom. The third-order valence-corrected chi connectivity index (χ3v) is 5.20. The summed E-state index contributed by atoms with van der Waals surface area (Å²) in [6.45, 7) is 1.94. The van der Waals surface area contributed by atoms with Crippen molar-refractivity contribution < 1.29 is 4.79 Å². The highest BCUT2D eigenvalue weighted by atomic mass is 35.5. The molecule has 0 radical (unpaired) electrons. The van der Waals surface area contributed by atoms with Crippen LogP contribution in [0.2, 0.25) is 15.1 Å². The van der Waals surface area contributed by atoms with Crippen molar-refractivity contribution in [3.8, 4) is 0 Å². The summed E-state index contributed by atoms with van der Waals surface area (Å²) in [7, 11) is 0. The van der Waals surface area contributed by atoms with E-state index in [1.165, 1.54) is 0 Å². The molecule has 0 atom stereocenters. The molecule has 1 amide bonds. The van der Waals surface area contributed by atoms with E-state index in [1.54, 1.807) is 30.0 Å². The first-order valence-corrected chi connectivity index (χ1v) is 9.32. The SMILES string of the molecule is Cc1ccc(Cl)cc1NC(=O)CCSCc1ccc(Cl)c(Cl)c1. The van der Waals surface area contributed by atoms with Gasteiger partial charge in [-0.3, -0.25) is 4.79 Å². The van der Waals surface area contributed by atoms with E-state index >= 15 is 0 Å². The van der Waals surface area contributed by atoms with E-state index in [9.17, 15) is 4.79 Å². The highest BCUT2D eigenvalue weighted by molar-refractivity contribution is 7.98. The number of carbonyl (C=O) groups is 1. The van der Waals surface area contributed by atoms with Crippen LogP contribution in [0.1, 0.15) is 17.5 Å². The van der Waals surface area contributed by atoms with Gasteiger partial charge in [-0.05, 0) is 42.3 Å². The summed E-state index contributed by atoms with van der Waals surface area (Å²) in [4.78, 5) is 12.0. The lowest BCUT2D eigenvalue weighted by atomic mass is 10.2. The van der Waals surface area contributed by atoms with Gasteiger partial charge in [-0.15, -0.1) is 0 Å². The second-order valence-electron chi connectivity index (χ2n) is 5.06. The summed E-state index contributed by atoms with van der Waals surface area (Å²) in [5.74, 6) is 1.50. The molecule has 1 N–H and O–H groups in total. The standard InChI is InChI=1S/C17H16Cl3NOS/c1-11-2-4-13(18)9-16(11)21-17(22)6-7-23-10-12-3-5-14(19)15(20)8-12/h2-5,8-9H,6-7,10H2,1H3,(H,21,22). The first kappa shape index (κ1) is 18.5. The highest BCUT2D eigenvalue weighted by Gasteiger charge is 2.06. The number of thioether (sulfide) groups is 1. The van der Waals surface area contributed by atoms with Crippen LogP contribution in [0.15, 0.2) is 36.4 Å². The molecule has 0 aliphatic rings. The fourth-order valence-corrected chi connectivity index (χ4v) is 3.31. The Morgan fingerprint density at radius 3 is 2.61 bits per heavy atom. The molecule has 0 bridgehead atoms. The van der Waals surface area contributed by atoms with Crippen molar-refractivity contribution in [3.63, 3.8) is 0 Å². The summed E-state index contributed by atoms with van der Waals surface area (Å²) < 4.78 is 0. The lowest BCUT2D eigenvalue weighted by Gasteiger charge is -2.09. The van der Waals surface area contributed by atoms with Crippen molar-refractivity contribution in [3.05, 3.63) is 62.6 Å². The molecule has 0 spiro atoms. The van der Waals surface area contributed by atoms with Crippen molar-refractivity contribution >= 4 is 58.2 Å². The second kappa shape index (κ2) is 8.84. The maximum atomic E-state index is 12.0. The Bertz CT molecular complexity index is 706. The van der Waals surface area contributed by atoms with Gasteiger partial charge in [0.05, 0.1) is 10.0 Å². The van der Waals surface area contributed by atoms with Crippen molar-refractivity contribution in [2.45, 2.75) is 19.1 Å². The zero-order valence-electron chi connectivity index (χ0n) is 12.5. The number of hydrogen-bond acceptors (Lipinski definition) is 2. The molecule has 0 saturated carbocycles. The van der Waals surface area contributed by atoms with E-state index in [4.69, 9.17) is 34.8 Å². The van der Waals surface area contributed by atoms with Gasteiger partial charge in [-0.1, -0.05) is 46.9 Å². The van der Waals surface area contributed by atoms with Gasteiger partial charge in [0, 0.05) is 28.6 Å². The number of benzene rings is 2. The van der Waals surface area contributed by atoms with E-state index in [0.717, 1.165) is 28.3 Å². The Hall–Kier alpha value is -0.870. The molecule has 23 heavy (non-hydrogen) atoms. The molecule has 2 rings (SSSR count). The number of rotatable bonds is 6. The second-order valence-corrected chi connectivity index (χ2v) is 7.41. The molecular weight excluding hydrogens is 373 g/mol. The molecule has 0 aliphatic heterocycles. The summed E-state index contributed by atoms with van der Waals surface area (Å²) in [6.07, 6.45) is 0.442. The van der Waals surface area contributed by atoms with Gasteiger partial charge in [-0.2, -0.15) is 11.8 Å². The molecule has 122 valence electrons. The van der Waals surface area contributed by atoms with Gasteiger partial charge in [-0.25, -0.2) is 0 Å². The monoisotopic (exact) mass is 387 g/mol. The molecule has 0 heterocycles. The number of nitrogens with one attached hydrogen (secondary N) is 1. The minimum Gasteiger partial charge on any atom is -0.326 e. The Balaban J connectivity index is 1.76. The molecule has 0 unspecified atom stereocenters. The first-order valence-electron chi connectivity index (χ1n) is 7.03. The maximum Gasteiger partial charge on any atom is 0.225 e. The zero-order chi connectivity index (χ0) is 16.8. The van der Waals surface area contributed by atoms with Crippen LogP contribution in [-0.2, 0) is 10.5 Å². The number of aryl methyl sites for hydroxylation is 1. The van der Waals surface area contributed by atoms with Gasteiger partial charge in [0.1, 0.15) is 0 Å². The number of carbonyl (C=O) groups excluding carboxylic acids is 1. The van der Waals surface area contributed by atoms with Crippen LogP contribution in [-0.4, -0.2) is 11.7 Å². The molecule has 2 aromatic carbocycles. The molecule has 0 aromatic heterocycles. The summed E-state index contributed by atoms with van der Waals surface area (Å²) in [5, 5.41) is 4.61. The van der Waals surface area contributed by atoms with Gasteiger partial charge in [0.25, 0.3) is 0 Å². The highest BCUT2D eigenvalue weighted by Crippen LogP contribution is 2.25. The van der Waals surface area contributed by atoms with Crippen LogP contribution < -0.4 is 5.32 Å². The minimum atomic E-state index is -0.0167. The van der Waals surface area contributed by atoms with Gasteiger partial charge >= 0.3 is 0 Å². The summed E-state index contributed by atoms with van der Waals surface area (Å²) >= 11 is 19.5. The molecule has 2 nitrogen and oxygen atoms in total. The van der Waals surface area contributed by atoms with Crippen molar-refractivity contribution in [1.82, 2.24) is 0 Å². The van der Waals surface area contributed by atoms with Crippen LogP contribution >= 0.6 is 46.6 Å². The van der Waals surface area contributed by atoms with E-state index in [1.807, 2.05) is 25.1 Å². The van der Waals surface area contributed by atoms with Crippen molar-refractivity contribution in [1.29, 1.82) is 0 Å². The Kier molecular flexibility index (Phi) is 7.09. The molecule has 0 saturated heterocycles. The molecule has 0 fully saturated rings. The van der Waals surface area contributed by atoms with Gasteiger partial charge in [0.15, 0.2) is 0 Å². The fraction of sp³-hybridized carbons (Fsp3) is 0.235. The Morgan fingerprint density at radius 2 is 1.87 bits per heavy atom. The topological polar surface area (TPSA) is 29.1 Å². The first-order chi connectivity index (χ1) is 11.0. The van der Waals surface area contributed by atoms with E-state index in [0.29, 0.717) is 21.5 Å². The molecule has 0 aliphatic carbocycles. The predicted molar refractivity (Wildman–Crippen MR) is 102 cm³/mol. The van der Waals surface area contributed by atoms with Crippen LogP contribution in [0.25, 0.3) is 0 Å². The van der Waals surface area contributed by atoms with E-state index in [-0.39, 0.29) is 5.91 Å². The van der Waals surface area contributed by atoms with Crippen molar-refractivity contribution in [2.75, 3.05) is 11.1 Å². The third-order valence-electron chi connectivity index (χ3n) is 3.20. The predicted octanol–water partition coefficient (Wildman–Crippen LogP) is 6.22. The molecule has 2 aromatic rings. The molecule has 6 heteroatoms. The normalized spacial score (nSPS) is 10.6. The largest absolute Gasteiger partial charge is 0.326 e. The van der Waals surface area contributed by atoms with E-state index < -0.39 is 0 Å². The van der Waals surface area contributed by atoms with Crippen LogP contribution in [0.4, 0.5) is 5.69 Å². The zero-order valence-corrected chi connectivity index (χ0v) is 15.6. The van der Waals surface area contributed by atoms with Crippen LogP contribution in [0.3, 0.4) is 0 Å². The number of amides is 1. The Labute approximate surface area is 155 Å². The average Bonchev–Trinajstić information content (AvgIpc) is 2.51. The number of anilines is 1. The van der Waals surface area contributed by atoms with E-state index in [2.05, 4.69) is 5.32 Å². The van der Waals surface area contributed by atoms with Crippen LogP contribution in [0.5, 0.6) is 0 Å². The van der Waals surface area contributed by atoms with Gasteiger partial charge in [0.2, 0.25) is 5.91 Å². The average molecular weight is 389 g/mol. The quantitative estimate of drug-likeness (QED) is 0.595. The van der Waals surface area contributed by atoms with Gasteiger partial charge < -0.3 is 5.32 Å². The number of halogens is 3. The van der Waals surface area contributed by atoms with Crippen LogP contribution in [0, 0.1) is 6.92 Å².